The molecule has 2 N–H and O–H groups in total. The summed E-state index contributed by atoms with van der Waals surface area (Å²) in [4.78, 5) is 54.8. The van der Waals surface area contributed by atoms with Gasteiger partial charge in [0.25, 0.3) is 23.3 Å². The molecule has 1 saturated heterocycles. The van der Waals surface area contributed by atoms with Gasteiger partial charge in [0.2, 0.25) is 0 Å². The van der Waals surface area contributed by atoms with Crippen LogP contribution in [0.1, 0.15) is 38.3 Å². The summed E-state index contributed by atoms with van der Waals surface area (Å²) in [6, 6.07) is 18.8. The van der Waals surface area contributed by atoms with Crippen LogP contribution in [0.3, 0.4) is 0 Å². The van der Waals surface area contributed by atoms with Crippen molar-refractivity contribution in [2.24, 2.45) is 7.05 Å². The van der Waals surface area contributed by atoms with Crippen molar-refractivity contribution in [1.82, 2.24) is 20.1 Å². The molecule has 1 aromatic heterocycles. The van der Waals surface area contributed by atoms with Gasteiger partial charge < -0.3 is 34.3 Å². The first-order chi connectivity index (χ1) is 21.7. The normalized spacial score (nSPS) is 18.6. The average Bonchev–Trinajstić information content (AvgIpc) is 3.05. The van der Waals surface area contributed by atoms with Crippen molar-refractivity contribution in [3.05, 3.63) is 99.3 Å². The van der Waals surface area contributed by atoms with Crippen LogP contribution in [-0.2, 0) is 18.4 Å². The Morgan fingerprint density at radius 1 is 1.02 bits per heavy atom. The maximum atomic E-state index is 13.8. The number of pyridine rings is 1. The minimum Gasteiger partial charge on any atom is -0.496 e. The van der Waals surface area contributed by atoms with Gasteiger partial charge in [0.1, 0.15) is 28.9 Å². The molecule has 11 nitrogen and oxygen atoms in total. The fraction of sp³-hybridized carbons (Fsp3) is 0.294. The van der Waals surface area contributed by atoms with E-state index in [1.54, 1.807) is 48.3 Å². The number of nitrogens with one attached hydrogen (secondary N) is 2. The van der Waals surface area contributed by atoms with Gasteiger partial charge in [0.05, 0.1) is 18.7 Å². The minimum absolute atomic E-state index is 0.0648. The van der Waals surface area contributed by atoms with Crippen LogP contribution >= 0.6 is 0 Å². The molecule has 45 heavy (non-hydrogen) atoms. The van der Waals surface area contributed by atoms with Crippen LogP contribution in [0.15, 0.2) is 71.5 Å². The van der Waals surface area contributed by atoms with Gasteiger partial charge >= 0.3 is 0 Å². The van der Waals surface area contributed by atoms with E-state index < -0.39 is 24.0 Å². The van der Waals surface area contributed by atoms with Gasteiger partial charge in [-0.2, -0.15) is 0 Å². The molecule has 7 rings (SSSR count). The summed E-state index contributed by atoms with van der Waals surface area (Å²) in [5.74, 6) is 0.320. The second kappa shape index (κ2) is 12.4. The Morgan fingerprint density at radius 2 is 1.84 bits per heavy atom. The van der Waals surface area contributed by atoms with E-state index in [1.807, 2.05) is 37.3 Å². The van der Waals surface area contributed by atoms with Gasteiger partial charge in [-0.25, -0.2) is 0 Å². The Bertz CT molecular complexity index is 1870. The fourth-order valence-corrected chi connectivity index (χ4v) is 5.80. The van der Waals surface area contributed by atoms with E-state index in [0.29, 0.717) is 35.8 Å². The number of para-hydroxylation sites is 1. The largest absolute Gasteiger partial charge is 0.496 e. The summed E-state index contributed by atoms with van der Waals surface area (Å²) in [7, 11) is 3.19. The number of piperidine rings is 1. The van der Waals surface area contributed by atoms with Crippen molar-refractivity contribution in [2.75, 3.05) is 26.8 Å². The number of benzene rings is 3. The van der Waals surface area contributed by atoms with Gasteiger partial charge in [-0.15, -0.1) is 0 Å². The molecular formula is C34H34N4O7. The van der Waals surface area contributed by atoms with Crippen LogP contribution in [0.4, 0.5) is 0 Å². The molecule has 4 heterocycles. The summed E-state index contributed by atoms with van der Waals surface area (Å²) in [5, 5.41) is 6.66. The van der Waals surface area contributed by atoms with E-state index >= 15 is 0 Å². The lowest BCUT2D eigenvalue weighted by molar-refractivity contribution is -0.123. The van der Waals surface area contributed by atoms with Crippen molar-refractivity contribution in [1.29, 1.82) is 0 Å². The highest BCUT2D eigenvalue weighted by atomic mass is 16.5. The third-order valence-electron chi connectivity index (χ3n) is 8.35. The number of rotatable bonds is 2. The van der Waals surface area contributed by atoms with Gasteiger partial charge in [0, 0.05) is 50.3 Å². The number of carbonyl (C=O) groups is 3. The number of aryl methyl sites for hydroxylation is 2. The number of amides is 3. The minimum atomic E-state index is -0.616. The lowest BCUT2D eigenvalue weighted by atomic mass is 9.99. The standard InChI is InChI=1S/C34H34N4O7/c1-20-8-9-22-15-29(20)44-19-31(39)35-17-23-10-11-24(16-30(23)43-3)45-28-12-13-38(18-26(28)36-32(22)40)34(42)25-14-21-6-4-5-7-27(21)37(2)33(25)41/h4-11,14-16,26,28H,12-13,17-19H2,1-3H3,(H,35,39)(H,36,40)/t26-,28+/m0/s1. The van der Waals surface area contributed by atoms with E-state index in [0.717, 1.165) is 22.0 Å². The molecule has 4 aromatic rings. The molecule has 0 unspecified atom stereocenters. The highest BCUT2D eigenvalue weighted by molar-refractivity contribution is 5.98. The predicted octanol–water partition coefficient (Wildman–Crippen LogP) is 2.96. The molecule has 1 fully saturated rings. The predicted molar refractivity (Wildman–Crippen MR) is 167 cm³/mol. The van der Waals surface area contributed by atoms with Gasteiger partial charge in [0.15, 0.2) is 6.61 Å². The molecule has 3 amide bonds. The molecule has 3 aliphatic rings. The topological polar surface area (TPSA) is 128 Å². The number of fused-ring (bicyclic) bond motifs is 8. The Hall–Kier alpha value is -5.32. The van der Waals surface area contributed by atoms with Crippen molar-refractivity contribution in [3.63, 3.8) is 0 Å². The van der Waals surface area contributed by atoms with Crippen LogP contribution in [0.25, 0.3) is 10.9 Å². The molecule has 2 atom stereocenters. The Kier molecular flexibility index (Phi) is 8.16. The SMILES string of the molecule is COc1cc2ccc1CNC(=O)COc1cc(ccc1C)C(=O)N[C@H]1CN(C(=O)c3cc4ccccc4n(C)c3=O)CC[C@H]1O2. The summed E-state index contributed by atoms with van der Waals surface area (Å²) in [6.45, 7) is 2.26. The number of ether oxygens (including phenoxy) is 3. The van der Waals surface area contributed by atoms with E-state index in [-0.39, 0.29) is 36.7 Å². The van der Waals surface area contributed by atoms with E-state index in [2.05, 4.69) is 10.6 Å². The zero-order valence-electron chi connectivity index (χ0n) is 25.3. The van der Waals surface area contributed by atoms with Gasteiger partial charge in [-0.05, 0) is 54.3 Å². The second-order valence-corrected chi connectivity index (χ2v) is 11.3. The number of hydrogen-bond donors (Lipinski definition) is 2. The maximum absolute atomic E-state index is 13.8. The van der Waals surface area contributed by atoms with E-state index in [4.69, 9.17) is 14.2 Å². The van der Waals surface area contributed by atoms with Crippen molar-refractivity contribution >= 4 is 28.6 Å². The first kappa shape index (κ1) is 29.7. The Balaban J connectivity index is 1.34. The summed E-state index contributed by atoms with van der Waals surface area (Å²) in [5.41, 5.74) is 2.26. The molecule has 4 bridgehead atoms. The maximum Gasteiger partial charge on any atom is 0.263 e. The highest BCUT2D eigenvalue weighted by Gasteiger charge is 2.36. The Labute approximate surface area is 259 Å². The van der Waals surface area contributed by atoms with Crippen molar-refractivity contribution in [3.8, 4) is 17.2 Å². The molecular weight excluding hydrogens is 576 g/mol. The van der Waals surface area contributed by atoms with E-state index in [9.17, 15) is 19.2 Å². The molecule has 3 aliphatic heterocycles. The van der Waals surface area contributed by atoms with Crippen molar-refractivity contribution < 1.29 is 28.6 Å². The molecule has 232 valence electrons. The quantitative estimate of drug-likeness (QED) is 0.357. The number of nitrogens with zero attached hydrogens (tertiary/aromatic N) is 2. The highest BCUT2D eigenvalue weighted by Crippen LogP contribution is 2.28. The first-order valence-electron chi connectivity index (χ1n) is 14.7. The lowest BCUT2D eigenvalue weighted by Crippen LogP contribution is -2.58. The molecule has 0 aliphatic carbocycles. The van der Waals surface area contributed by atoms with Gasteiger partial charge in [-0.3, -0.25) is 19.2 Å². The van der Waals surface area contributed by atoms with Crippen LogP contribution in [0, 0.1) is 6.92 Å². The third kappa shape index (κ3) is 6.06. The molecule has 3 aromatic carbocycles. The summed E-state index contributed by atoms with van der Waals surface area (Å²) < 4.78 is 19.2. The second-order valence-electron chi connectivity index (χ2n) is 11.3. The molecule has 0 saturated carbocycles. The monoisotopic (exact) mass is 610 g/mol. The zero-order valence-corrected chi connectivity index (χ0v) is 25.3. The summed E-state index contributed by atoms with van der Waals surface area (Å²) >= 11 is 0. The van der Waals surface area contributed by atoms with E-state index in [1.165, 1.54) is 11.7 Å². The van der Waals surface area contributed by atoms with Gasteiger partial charge in [-0.1, -0.05) is 24.3 Å². The first-order valence-corrected chi connectivity index (χ1v) is 14.7. The number of methoxy groups -OCH3 is 1. The molecule has 0 spiro atoms. The third-order valence-corrected chi connectivity index (χ3v) is 8.35. The smallest absolute Gasteiger partial charge is 0.263 e. The van der Waals surface area contributed by atoms with Crippen LogP contribution < -0.4 is 30.4 Å². The van der Waals surface area contributed by atoms with Crippen LogP contribution in [0.5, 0.6) is 17.2 Å². The van der Waals surface area contributed by atoms with Crippen molar-refractivity contribution in [2.45, 2.75) is 32.0 Å². The van der Waals surface area contributed by atoms with Crippen LogP contribution in [-0.4, -0.2) is 66.1 Å². The fourth-order valence-electron chi connectivity index (χ4n) is 5.80. The number of likely N-dealkylation sites (tertiary alicyclic amines) is 1. The number of hydrogen-bond acceptors (Lipinski definition) is 7. The Morgan fingerprint density at radius 3 is 2.67 bits per heavy atom. The lowest BCUT2D eigenvalue weighted by Gasteiger charge is -2.39. The number of carbonyl (C=O) groups excluding carboxylic acids is 3. The zero-order chi connectivity index (χ0) is 31.7. The molecule has 11 heteroatoms. The molecule has 0 radical (unpaired) electrons. The average molecular weight is 611 g/mol. The summed E-state index contributed by atoms with van der Waals surface area (Å²) in [6.07, 6.45) is -0.1000. The number of aromatic nitrogens is 1. The van der Waals surface area contributed by atoms with Crippen LogP contribution in [0.2, 0.25) is 0 Å².